The number of hydrogen-bond donors (Lipinski definition) is 2. The van der Waals surface area contributed by atoms with E-state index in [0.29, 0.717) is 0 Å². The van der Waals surface area contributed by atoms with Gasteiger partial charge in [-0.05, 0) is 31.5 Å². The van der Waals surface area contributed by atoms with Crippen LogP contribution in [-0.2, 0) is 10.0 Å². The fraction of sp³-hybridized carbons (Fsp3) is 0.455. The first-order valence-electron chi connectivity index (χ1n) is 5.33. The summed E-state index contributed by atoms with van der Waals surface area (Å²) < 4.78 is 27.2. The monoisotopic (exact) mass is 320 g/mol. The van der Waals surface area contributed by atoms with Crippen LogP contribution in [0.5, 0.6) is 0 Å². The van der Waals surface area contributed by atoms with E-state index in [1.165, 1.54) is 0 Å². The van der Waals surface area contributed by atoms with Gasteiger partial charge in [0, 0.05) is 17.1 Å². The summed E-state index contributed by atoms with van der Waals surface area (Å²) in [6.45, 7) is 3.51. The lowest BCUT2D eigenvalue weighted by Gasteiger charge is -2.18. The molecule has 4 nitrogen and oxygen atoms in total. The van der Waals surface area contributed by atoms with Gasteiger partial charge in [-0.15, -0.1) is 0 Å². The summed E-state index contributed by atoms with van der Waals surface area (Å²) >= 11 is 3.36. The smallest absolute Gasteiger partial charge is 0.216 e. The Hall–Kier alpha value is -0.430. The molecule has 2 unspecified atom stereocenters. The summed E-state index contributed by atoms with van der Waals surface area (Å²) in [5.41, 5.74) is 6.28. The Balaban J connectivity index is 2.83. The average molecular weight is 321 g/mol. The molecule has 0 bridgehead atoms. The van der Waals surface area contributed by atoms with E-state index < -0.39 is 15.3 Å². The molecule has 0 aliphatic carbocycles. The molecule has 0 fully saturated rings. The molecule has 17 heavy (non-hydrogen) atoms. The minimum Gasteiger partial charge on any atom is -0.329 e. The molecule has 1 rings (SSSR count). The van der Waals surface area contributed by atoms with Crippen molar-refractivity contribution >= 4 is 26.0 Å². The van der Waals surface area contributed by atoms with Gasteiger partial charge in [0.1, 0.15) is 0 Å². The fourth-order valence-electron chi connectivity index (χ4n) is 1.33. The second-order valence-electron chi connectivity index (χ2n) is 3.99. The van der Waals surface area contributed by atoms with Crippen LogP contribution in [0.2, 0.25) is 0 Å². The van der Waals surface area contributed by atoms with E-state index in [9.17, 15) is 8.42 Å². The van der Waals surface area contributed by atoms with Crippen LogP contribution in [0, 0.1) is 0 Å². The molecule has 96 valence electrons. The molecule has 0 heterocycles. The van der Waals surface area contributed by atoms with Crippen LogP contribution < -0.4 is 10.5 Å². The Morgan fingerprint density at radius 1 is 1.41 bits per heavy atom. The Bertz CT molecular complexity index is 476. The summed E-state index contributed by atoms with van der Waals surface area (Å²) in [4.78, 5) is 0. The second-order valence-corrected chi connectivity index (χ2v) is 7.03. The number of nitrogens with one attached hydrogen (secondary N) is 1. The van der Waals surface area contributed by atoms with Crippen LogP contribution >= 0.6 is 15.9 Å². The van der Waals surface area contributed by atoms with Gasteiger partial charge >= 0.3 is 0 Å². The molecule has 0 aliphatic heterocycles. The fourth-order valence-corrected chi connectivity index (χ4v) is 2.86. The highest BCUT2D eigenvalue weighted by molar-refractivity contribution is 9.10. The summed E-state index contributed by atoms with van der Waals surface area (Å²) in [5, 5.41) is -0.586. The third-order valence-electron chi connectivity index (χ3n) is 2.55. The molecule has 1 aromatic rings. The largest absolute Gasteiger partial charge is 0.329 e. The van der Waals surface area contributed by atoms with E-state index in [2.05, 4.69) is 20.7 Å². The molecular formula is C11H17BrN2O2S. The first kappa shape index (κ1) is 14.6. The van der Waals surface area contributed by atoms with Crippen molar-refractivity contribution in [2.45, 2.75) is 25.1 Å². The highest BCUT2D eigenvalue weighted by atomic mass is 79.9. The van der Waals surface area contributed by atoms with E-state index in [4.69, 9.17) is 5.73 Å². The summed E-state index contributed by atoms with van der Waals surface area (Å²) in [6.07, 6.45) is 0. The summed E-state index contributed by atoms with van der Waals surface area (Å²) in [7, 11) is -3.36. The van der Waals surface area contributed by atoms with Gasteiger partial charge < -0.3 is 5.73 Å². The zero-order valence-electron chi connectivity index (χ0n) is 9.85. The normalized spacial score (nSPS) is 15.5. The standard InChI is InChI=1S/C11H17BrN2O2S/c1-8(7-13)17(15,16)14-9(2)10-4-3-5-11(12)6-10/h3-6,8-9,14H,7,13H2,1-2H3. The topological polar surface area (TPSA) is 72.2 Å². The van der Waals surface area contributed by atoms with Crippen molar-refractivity contribution in [1.82, 2.24) is 4.72 Å². The van der Waals surface area contributed by atoms with Crippen molar-refractivity contribution in [3.05, 3.63) is 34.3 Å². The van der Waals surface area contributed by atoms with Gasteiger partial charge in [-0.2, -0.15) is 0 Å². The molecular weight excluding hydrogens is 304 g/mol. The van der Waals surface area contributed by atoms with Gasteiger partial charge in [0.15, 0.2) is 0 Å². The predicted octanol–water partition coefficient (Wildman–Crippen LogP) is 1.78. The van der Waals surface area contributed by atoms with Crippen LogP contribution in [0.15, 0.2) is 28.7 Å². The number of nitrogens with two attached hydrogens (primary N) is 1. The first-order valence-corrected chi connectivity index (χ1v) is 7.67. The number of benzene rings is 1. The minimum absolute atomic E-state index is 0.112. The van der Waals surface area contributed by atoms with Crippen molar-refractivity contribution < 1.29 is 8.42 Å². The van der Waals surface area contributed by atoms with E-state index in [1.54, 1.807) is 6.92 Å². The maximum absolute atomic E-state index is 11.8. The molecule has 0 radical (unpaired) electrons. The summed E-state index contributed by atoms with van der Waals surface area (Å²) in [6, 6.07) is 7.27. The molecule has 2 atom stereocenters. The Morgan fingerprint density at radius 2 is 2.06 bits per heavy atom. The molecule has 0 saturated carbocycles. The van der Waals surface area contributed by atoms with Crippen LogP contribution in [0.1, 0.15) is 25.5 Å². The highest BCUT2D eigenvalue weighted by Gasteiger charge is 2.21. The molecule has 0 spiro atoms. The highest BCUT2D eigenvalue weighted by Crippen LogP contribution is 2.19. The van der Waals surface area contributed by atoms with Crippen molar-refractivity contribution in [2.75, 3.05) is 6.54 Å². The Kier molecular flexibility index (Phi) is 5.12. The molecule has 0 aromatic heterocycles. The zero-order valence-corrected chi connectivity index (χ0v) is 12.3. The average Bonchev–Trinajstić information content (AvgIpc) is 2.27. The first-order chi connectivity index (χ1) is 7.86. The maximum Gasteiger partial charge on any atom is 0.216 e. The van der Waals surface area contributed by atoms with Crippen molar-refractivity contribution in [1.29, 1.82) is 0 Å². The maximum atomic E-state index is 11.8. The lowest BCUT2D eigenvalue weighted by molar-refractivity contribution is 0.555. The number of rotatable bonds is 5. The Labute approximate surface area is 111 Å². The van der Waals surface area contributed by atoms with Crippen LogP contribution in [-0.4, -0.2) is 20.2 Å². The Morgan fingerprint density at radius 3 is 2.59 bits per heavy atom. The predicted molar refractivity (Wildman–Crippen MR) is 73.1 cm³/mol. The number of sulfonamides is 1. The van der Waals surface area contributed by atoms with E-state index in [0.717, 1.165) is 10.0 Å². The van der Waals surface area contributed by atoms with E-state index in [-0.39, 0.29) is 12.6 Å². The van der Waals surface area contributed by atoms with Gasteiger partial charge in [-0.25, -0.2) is 13.1 Å². The molecule has 0 saturated heterocycles. The van der Waals surface area contributed by atoms with E-state index in [1.807, 2.05) is 31.2 Å². The van der Waals surface area contributed by atoms with Crippen LogP contribution in [0.4, 0.5) is 0 Å². The van der Waals surface area contributed by atoms with Crippen molar-refractivity contribution in [3.63, 3.8) is 0 Å². The number of halogens is 1. The van der Waals surface area contributed by atoms with Gasteiger partial charge in [-0.1, -0.05) is 28.1 Å². The number of hydrogen-bond acceptors (Lipinski definition) is 3. The van der Waals surface area contributed by atoms with Crippen molar-refractivity contribution in [3.8, 4) is 0 Å². The molecule has 0 aliphatic rings. The molecule has 0 amide bonds. The SMILES string of the molecule is CC(NS(=O)(=O)C(C)CN)c1cccc(Br)c1. The molecule has 6 heteroatoms. The molecule has 3 N–H and O–H groups in total. The molecule has 1 aromatic carbocycles. The van der Waals surface area contributed by atoms with Crippen LogP contribution in [0.3, 0.4) is 0 Å². The van der Waals surface area contributed by atoms with Crippen LogP contribution in [0.25, 0.3) is 0 Å². The third kappa shape index (κ3) is 4.06. The third-order valence-corrected chi connectivity index (χ3v) is 4.98. The second kappa shape index (κ2) is 5.95. The summed E-state index contributed by atoms with van der Waals surface area (Å²) in [5.74, 6) is 0. The van der Waals surface area contributed by atoms with Crippen molar-refractivity contribution in [2.24, 2.45) is 5.73 Å². The van der Waals surface area contributed by atoms with Gasteiger partial charge in [0.05, 0.1) is 5.25 Å². The van der Waals surface area contributed by atoms with Gasteiger partial charge in [-0.3, -0.25) is 0 Å². The van der Waals surface area contributed by atoms with Gasteiger partial charge in [0.2, 0.25) is 10.0 Å². The lowest BCUT2D eigenvalue weighted by atomic mass is 10.1. The minimum atomic E-state index is -3.36. The van der Waals surface area contributed by atoms with E-state index >= 15 is 0 Å². The lowest BCUT2D eigenvalue weighted by Crippen LogP contribution is -2.38. The van der Waals surface area contributed by atoms with Gasteiger partial charge in [0.25, 0.3) is 0 Å². The zero-order chi connectivity index (χ0) is 13.1. The quantitative estimate of drug-likeness (QED) is 0.868.